The normalized spacial score (nSPS) is 12.9. The fourth-order valence-electron chi connectivity index (χ4n) is 2.39. The van der Waals surface area contributed by atoms with E-state index < -0.39 is 34.9 Å². The van der Waals surface area contributed by atoms with Crippen molar-refractivity contribution in [1.82, 2.24) is 9.88 Å². The lowest BCUT2D eigenvalue weighted by Gasteiger charge is -2.13. The highest BCUT2D eigenvalue weighted by atomic mass is 35.5. The summed E-state index contributed by atoms with van der Waals surface area (Å²) in [6.07, 6.45) is 1.32. The number of nitrogens with zero attached hydrogens (tertiary/aromatic N) is 3. The molecule has 3 rings (SSSR count). The highest BCUT2D eigenvalue weighted by Crippen LogP contribution is 2.30. The molecular formula is C15H9ClN4O5. The van der Waals surface area contributed by atoms with Crippen molar-refractivity contribution in [1.29, 1.82) is 0 Å². The monoisotopic (exact) mass is 360 g/mol. The average molecular weight is 361 g/mol. The van der Waals surface area contributed by atoms with Crippen LogP contribution in [0.5, 0.6) is 0 Å². The van der Waals surface area contributed by atoms with Gasteiger partial charge in [0.1, 0.15) is 17.9 Å². The third kappa shape index (κ3) is 3.04. The molecule has 1 aliphatic rings. The molecule has 0 unspecified atom stereocenters. The average Bonchev–Trinajstić information content (AvgIpc) is 2.82. The van der Waals surface area contributed by atoms with E-state index in [0.717, 1.165) is 6.07 Å². The number of fused-ring (bicyclic) bond motifs is 1. The van der Waals surface area contributed by atoms with Crippen LogP contribution < -0.4 is 5.32 Å². The Hall–Kier alpha value is -3.33. The van der Waals surface area contributed by atoms with Crippen LogP contribution in [0.25, 0.3) is 0 Å². The Balaban J connectivity index is 1.80. The summed E-state index contributed by atoms with van der Waals surface area (Å²) in [4.78, 5) is 51.5. The van der Waals surface area contributed by atoms with Crippen LogP contribution >= 0.6 is 11.6 Å². The van der Waals surface area contributed by atoms with Gasteiger partial charge in [-0.15, -0.1) is 0 Å². The lowest BCUT2D eigenvalue weighted by atomic mass is 10.1. The Bertz CT molecular complexity index is 913. The number of anilines is 1. The van der Waals surface area contributed by atoms with Crippen LogP contribution in [0, 0.1) is 10.1 Å². The van der Waals surface area contributed by atoms with E-state index in [1.54, 1.807) is 0 Å². The highest BCUT2D eigenvalue weighted by molar-refractivity contribution is 6.30. The first-order valence-corrected chi connectivity index (χ1v) is 7.31. The van der Waals surface area contributed by atoms with Gasteiger partial charge in [0.05, 0.1) is 15.5 Å². The van der Waals surface area contributed by atoms with Crippen molar-refractivity contribution >= 4 is 40.8 Å². The molecule has 2 aromatic rings. The highest BCUT2D eigenvalue weighted by Gasteiger charge is 2.41. The second kappa shape index (κ2) is 6.29. The van der Waals surface area contributed by atoms with Gasteiger partial charge in [-0.3, -0.25) is 29.4 Å². The lowest BCUT2D eigenvalue weighted by Crippen LogP contribution is -2.37. The number of carbonyl (C=O) groups excluding carboxylic acids is 3. The lowest BCUT2D eigenvalue weighted by molar-refractivity contribution is -0.385. The van der Waals surface area contributed by atoms with Gasteiger partial charge in [0.25, 0.3) is 17.5 Å². The molecule has 1 aromatic heterocycles. The Morgan fingerprint density at radius 3 is 2.64 bits per heavy atom. The molecule has 2 heterocycles. The number of nitro benzene ring substituents is 1. The summed E-state index contributed by atoms with van der Waals surface area (Å²) in [6.45, 7) is -0.589. The van der Waals surface area contributed by atoms with Crippen molar-refractivity contribution in [3.05, 3.63) is 62.8 Å². The van der Waals surface area contributed by atoms with Crippen molar-refractivity contribution in [2.75, 3.05) is 11.9 Å². The fraction of sp³-hybridized carbons (Fsp3) is 0.0667. The van der Waals surface area contributed by atoms with Crippen LogP contribution in [0.3, 0.4) is 0 Å². The number of nitrogens with one attached hydrogen (secondary N) is 1. The van der Waals surface area contributed by atoms with Gasteiger partial charge in [0, 0.05) is 12.3 Å². The quantitative estimate of drug-likeness (QED) is 0.504. The van der Waals surface area contributed by atoms with Crippen molar-refractivity contribution < 1.29 is 19.3 Å². The number of carbonyl (C=O) groups is 3. The summed E-state index contributed by atoms with van der Waals surface area (Å²) in [6, 6.07) is 6.71. The van der Waals surface area contributed by atoms with E-state index in [1.807, 2.05) is 0 Å². The molecule has 0 saturated carbocycles. The first-order chi connectivity index (χ1) is 11.9. The second-order valence-electron chi connectivity index (χ2n) is 5.06. The van der Waals surface area contributed by atoms with Gasteiger partial charge in [0.15, 0.2) is 0 Å². The number of hydrogen-bond acceptors (Lipinski definition) is 6. The van der Waals surface area contributed by atoms with E-state index in [9.17, 15) is 24.5 Å². The van der Waals surface area contributed by atoms with Crippen LogP contribution in [0.4, 0.5) is 11.5 Å². The number of pyridine rings is 1. The summed E-state index contributed by atoms with van der Waals surface area (Å²) in [5, 5.41) is 13.8. The molecule has 25 heavy (non-hydrogen) atoms. The molecule has 10 heteroatoms. The van der Waals surface area contributed by atoms with Crippen molar-refractivity contribution in [3.63, 3.8) is 0 Å². The zero-order valence-electron chi connectivity index (χ0n) is 12.4. The largest absolute Gasteiger partial charge is 0.309 e. The molecule has 126 valence electrons. The third-order valence-electron chi connectivity index (χ3n) is 3.47. The predicted molar refractivity (Wildman–Crippen MR) is 86.3 cm³/mol. The van der Waals surface area contributed by atoms with Gasteiger partial charge in [-0.05, 0) is 18.2 Å². The number of imide groups is 1. The maximum atomic E-state index is 12.4. The Kier molecular flexibility index (Phi) is 4.15. The molecule has 1 aromatic carbocycles. The first kappa shape index (κ1) is 16.5. The standard InChI is InChI=1S/C15H9ClN4O5/c16-8-4-5-11(17-6-8)18-12(21)7-19-14(22)9-2-1-3-10(20(24)25)13(9)15(19)23/h1-6H,7H2,(H,17,18,21). The zero-order chi connectivity index (χ0) is 18.1. The minimum Gasteiger partial charge on any atom is -0.309 e. The van der Waals surface area contributed by atoms with Crippen LogP contribution in [-0.2, 0) is 4.79 Å². The zero-order valence-corrected chi connectivity index (χ0v) is 13.2. The van der Waals surface area contributed by atoms with Gasteiger partial charge in [-0.1, -0.05) is 17.7 Å². The number of halogens is 1. The van der Waals surface area contributed by atoms with Gasteiger partial charge in [-0.25, -0.2) is 4.98 Å². The van der Waals surface area contributed by atoms with Gasteiger partial charge < -0.3 is 5.32 Å². The minimum atomic E-state index is -0.883. The number of aromatic nitrogens is 1. The van der Waals surface area contributed by atoms with E-state index in [2.05, 4.69) is 10.3 Å². The molecule has 3 amide bonds. The number of hydrogen-bond donors (Lipinski definition) is 1. The van der Waals surface area contributed by atoms with Crippen LogP contribution in [0.1, 0.15) is 20.7 Å². The second-order valence-corrected chi connectivity index (χ2v) is 5.50. The number of amides is 3. The van der Waals surface area contributed by atoms with Crippen molar-refractivity contribution in [3.8, 4) is 0 Å². The van der Waals surface area contributed by atoms with Crippen LogP contribution in [0.15, 0.2) is 36.5 Å². The molecule has 1 aliphatic heterocycles. The molecule has 9 nitrogen and oxygen atoms in total. The topological polar surface area (TPSA) is 123 Å². The molecule has 1 N–H and O–H groups in total. The fourth-order valence-corrected chi connectivity index (χ4v) is 2.50. The Labute approximate surface area is 145 Å². The number of rotatable bonds is 4. The minimum absolute atomic E-state index is 0.100. The number of benzene rings is 1. The maximum Gasteiger partial charge on any atom is 0.282 e. The summed E-state index contributed by atoms with van der Waals surface area (Å²) in [5.74, 6) is -2.13. The predicted octanol–water partition coefficient (Wildman–Crippen LogP) is 1.88. The van der Waals surface area contributed by atoms with Gasteiger partial charge in [0.2, 0.25) is 5.91 Å². The summed E-state index contributed by atoms with van der Waals surface area (Å²) < 4.78 is 0. The van der Waals surface area contributed by atoms with Crippen molar-refractivity contribution in [2.45, 2.75) is 0 Å². The third-order valence-corrected chi connectivity index (χ3v) is 3.69. The molecule has 0 spiro atoms. The molecule has 0 aliphatic carbocycles. The maximum absolute atomic E-state index is 12.4. The summed E-state index contributed by atoms with van der Waals surface area (Å²) in [7, 11) is 0. The van der Waals surface area contributed by atoms with E-state index in [4.69, 9.17) is 11.6 Å². The molecular weight excluding hydrogens is 352 g/mol. The van der Waals surface area contributed by atoms with Crippen molar-refractivity contribution in [2.24, 2.45) is 0 Å². The Morgan fingerprint density at radius 2 is 2.00 bits per heavy atom. The van der Waals surface area contributed by atoms with E-state index in [1.165, 1.54) is 30.5 Å². The molecule has 0 bridgehead atoms. The van der Waals surface area contributed by atoms with Gasteiger partial charge >= 0.3 is 0 Å². The Morgan fingerprint density at radius 1 is 1.24 bits per heavy atom. The van der Waals surface area contributed by atoms with Crippen LogP contribution in [0.2, 0.25) is 5.02 Å². The SMILES string of the molecule is O=C(CN1C(=O)c2cccc([N+](=O)[O-])c2C1=O)Nc1ccc(Cl)cn1. The summed E-state index contributed by atoms with van der Waals surface area (Å²) in [5.41, 5.74) is -0.885. The van der Waals surface area contributed by atoms with E-state index in [0.29, 0.717) is 9.92 Å². The number of nitro groups is 1. The van der Waals surface area contributed by atoms with E-state index in [-0.39, 0.29) is 16.9 Å². The van der Waals surface area contributed by atoms with E-state index >= 15 is 0 Å². The first-order valence-electron chi connectivity index (χ1n) is 6.93. The molecule has 0 saturated heterocycles. The smallest absolute Gasteiger partial charge is 0.282 e. The summed E-state index contributed by atoms with van der Waals surface area (Å²) >= 11 is 5.69. The van der Waals surface area contributed by atoms with Gasteiger partial charge in [-0.2, -0.15) is 0 Å². The molecule has 0 fully saturated rings. The van der Waals surface area contributed by atoms with Crippen LogP contribution in [-0.4, -0.2) is 39.1 Å². The molecule has 0 radical (unpaired) electrons. The molecule has 0 atom stereocenters.